The predicted octanol–water partition coefficient (Wildman–Crippen LogP) is 0.485. The highest BCUT2D eigenvalue weighted by molar-refractivity contribution is 5.85. The lowest BCUT2D eigenvalue weighted by atomic mass is 10.2. The van der Waals surface area contributed by atoms with Gasteiger partial charge in [0.25, 0.3) is 0 Å². The number of rotatable bonds is 6. The van der Waals surface area contributed by atoms with Gasteiger partial charge in [-0.1, -0.05) is 0 Å². The van der Waals surface area contributed by atoms with E-state index in [0.29, 0.717) is 24.7 Å². The van der Waals surface area contributed by atoms with Crippen LogP contribution in [0.15, 0.2) is 12.4 Å². The molecule has 0 unspecified atom stereocenters. The molecular weight excluding hydrogens is 308 g/mol. The second kappa shape index (κ2) is 8.14. The van der Waals surface area contributed by atoms with Crippen molar-refractivity contribution in [2.45, 2.75) is 31.8 Å². The van der Waals surface area contributed by atoms with Crippen LogP contribution in [0, 0.1) is 0 Å². The first-order chi connectivity index (χ1) is 9.97. The summed E-state index contributed by atoms with van der Waals surface area (Å²) in [4.78, 5) is 31.1. The number of carboxylic acids is 1. The number of hydrogen-bond acceptors (Lipinski definition) is 4. The maximum Gasteiger partial charge on any atom is 0.323 e. The molecule has 0 bridgehead atoms. The summed E-state index contributed by atoms with van der Waals surface area (Å²) in [7, 11) is 4.06. The molecule has 1 aromatic heterocycles. The van der Waals surface area contributed by atoms with Gasteiger partial charge in [-0.2, -0.15) is 0 Å². The summed E-state index contributed by atoms with van der Waals surface area (Å²) in [5.41, 5.74) is 0. The highest BCUT2D eigenvalue weighted by atomic mass is 35.5. The van der Waals surface area contributed by atoms with E-state index in [-0.39, 0.29) is 24.9 Å². The molecule has 1 fully saturated rings. The summed E-state index contributed by atoms with van der Waals surface area (Å²) >= 11 is 0. The summed E-state index contributed by atoms with van der Waals surface area (Å²) in [5.74, 6) is -0.146. The monoisotopic (exact) mass is 330 g/mol. The average Bonchev–Trinajstić information content (AvgIpc) is 3.04. The fraction of sp³-hybridized carbons (Fsp3) is 0.643. The Hall–Kier alpha value is -1.60. The molecule has 2 rings (SSSR count). The summed E-state index contributed by atoms with van der Waals surface area (Å²) in [5, 5.41) is 8.81. The first kappa shape index (κ1) is 18.4. The van der Waals surface area contributed by atoms with Crippen LogP contribution < -0.4 is 0 Å². The Morgan fingerprint density at radius 2 is 2.18 bits per heavy atom. The smallest absolute Gasteiger partial charge is 0.323 e. The SMILES string of the molecule is CN(C)[C@H]1CCN(C(=O)CCc2nccn2CC(=O)O)C1.Cl. The Morgan fingerprint density at radius 1 is 1.45 bits per heavy atom. The number of nitrogens with zero attached hydrogens (tertiary/aromatic N) is 4. The Labute approximate surface area is 136 Å². The van der Waals surface area contributed by atoms with Crippen LogP contribution in [0.3, 0.4) is 0 Å². The first-order valence-electron chi connectivity index (χ1n) is 7.13. The van der Waals surface area contributed by atoms with Gasteiger partial charge in [0.05, 0.1) is 0 Å². The van der Waals surface area contributed by atoms with Gasteiger partial charge in [-0.15, -0.1) is 12.4 Å². The molecule has 0 aliphatic carbocycles. The Kier molecular flexibility index (Phi) is 6.83. The lowest BCUT2D eigenvalue weighted by molar-refractivity contribution is -0.137. The van der Waals surface area contributed by atoms with Crippen molar-refractivity contribution in [3.8, 4) is 0 Å². The zero-order valence-corrected chi connectivity index (χ0v) is 13.8. The van der Waals surface area contributed by atoms with Crippen LogP contribution in [0.5, 0.6) is 0 Å². The van der Waals surface area contributed by atoms with Crippen molar-refractivity contribution in [3.05, 3.63) is 18.2 Å². The molecule has 22 heavy (non-hydrogen) atoms. The fourth-order valence-electron chi connectivity index (χ4n) is 2.62. The minimum Gasteiger partial charge on any atom is -0.480 e. The van der Waals surface area contributed by atoms with Crippen molar-refractivity contribution in [3.63, 3.8) is 0 Å². The molecule has 7 nitrogen and oxygen atoms in total. The Balaban J connectivity index is 0.00000242. The third kappa shape index (κ3) is 4.71. The molecule has 1 N–H and O–H groups in total. The quantitative estimate of drug-likeness (QED) is 0.821. The number of aryl methyl sites for hydroxylation is 1. The molecule has 0 saturated carbocycles. The van der Waals surface area contributed by atoms with Crippen LogP contribution in [0.4, 0.5) is 0 Å². The second-order valence-corrected chi connectivity index (χ2v) is 5.61. The van der Waals surface area contributed by atoms with Gasteiger partial charge >= 0.3 is 5.97 Å². The summed E-state index contributed by atoms with van der Waals surface area (Å²) < 4.78 is 1.57. The summed E-state index contributed by atoms with van der Waals surface area (Å²) in [6, 6.07) is 0.433. The Morgan fingerprint density at radius 3 is 2.77 bits per heavy atom. The van der Waals surface area contributed by atoms with Crippen molar-refractivity contribution >= 4 is 24.3 Å². The lowest BCUT2D eigenvalue weighted by Crippen LogP contribution is -2.34. The molecule has 1 amide bonds. The van der Waals surface area contributed by atoms with Gasteiger partial charge in [0, 0.05) is 44.4 Å². The number of carbonyl (C=O) groups is 2. The molecular formula is C14H23ClN4O3. The molecule has 8 heteroatoms. The first-order valence-corrected chi connectivity index (χ1v) is 7.13. The minimum absolute atomic E-state index is 0. The highest BCUT2D eigenvalue weighted by Crippen LogP contribution is 2.15. The van der Waals surface area contributed by atoms with Gasteiger partial charge < -0.3 is 19.5 Å². The number of likely N-dealkylation sites (tertiary alicyclic amines) is 1. The largest absolute Gasteiger partial charge is 0.480 e. The van der Waals surface area contributed by atoms with Crippen molar-refractivity contribution in [2.24, 2.45) is 0 Å². The molecule has 0 radical (unpaired) electrons. The third-order valence-corrected chi connectivity index (χ3v) is 3.92. The maximum atomic E-state index is 12.2. The second-order valence-electron chi connectivity index (χ2n) is 5.61. The highest BCUT2D eigenvalue weighted by Gasteiger charge is 2.27. The van der Waals surface area contributed by atoms with E-state index < -0.39 is 5.97 Å². The van der Waals surface area contributed by atoms with Crippen LogP contribution >= 0.6 is 12.4 Å². The van der Waals surface area contributed by atoms with Gasteiger partial charge in [0.2, 0.25) is 5.91 Å². The molecule has 1 atom stereocenters. The molecule has 0 aromatic carbocycles. The van der Waals surface area contributed by atoms with Crippen molar-refractivity contribution in [1.29, 1.82) is 0 Å². The van der Waals surface area contributed by atoms with E-state index in [0.717, 1.165) is 19.5 Å². The van der Waals surface area contributed by atoms with E-state index in [1.165, 1.54) is 0 Å². The lowest BCUT2D eigenvalue weighted by Gasteiger charge is -2.20. The zero-order valence-electron chi connectivity index (χ0n) is 12.9. The summed E-state index contributed by atoms with van der Waals surface area (Å²) in [6.45, 7) is 1.45. The van der Waals surface area contributed by atoms with Crippen LogP contribution in [0.25, 0.3) is 0 Å². The van der Waals surface area contributed by atoms with Crippen molar-refractivity contribution in [2.75, 3.05) is 27.2 Å². The van der Waals surface area contributed by atoms with Crippen molar-refractivity contribution in [1.82, 2.24) is 19.4 Å². The number of amides is 1. The topological polar surface area (TPSA) is 78.7 Å². The van der Waals surface area contributed by atoms with Gasteiger partial charge in [-0.05, 0) is 20.5 Å². The van der Waals surface area contributed by atoms with Crippen molar-refractivity contribution < 1.29 is 14.7 Å². The maximum absolute atomic E-state index is 12.2. The van der Waals surface area contributed by atoms with Crippen LogP contribution in [0.1, 0.15) is 18.7 Å². The van der Waals surface area contributed by atoms with Crippen LogP contribution in [-0.4, -0.2) is 69.6 Å². The number of imidazole rings is 1. The number of hydrogen-bond donors (Lipinski definition) is 1. The van der Waals surface area contributed by atoms with E-state index in [1.807, 2.05) is 19.0 Å². The predicted molar refractivity (Wildman–Crippen MR) is 84.1 cm³/mol. The standard InChI is InChI=1S/C14H22N4O3.ClH/c1-16(2)11-5-7-18(9-11)13(19)4-3-12-15-6-8-17(12)10-14(20)21;/h6,8,11H,3-5,7,9-10H2,1-2H3,(H,20,21);1H/t11-;/m0./s1. The van der Waals surface area contributed by atoms with E-state index in [4.69, 9.17) is 5.11 Å². The summed E-state index contributed by atoms with van der Waals surface area (Å²) in [6.07, 6.45) is 5.05. The van der Waals surface area contributed by atoms with E-state index in [2.05, 4.69) is 9.88 Å². The van der Waals surface area contributed by atoms with Gasteiger partial charge in [0.1, 0.15) is 12.4 Å². The zero-order chi connectivity index (χ0) is 15.4. The number of aliphatic carboxylic acids is 1. The Bertz CT molecular complexity index is 518. The number of aromatic nitrogens is 2. The number of likely N-dealkylation sites (N-methyl/N-ethyl adjacent to an activating group) is 1. The van der Waals surface area contributed by atoms with Gasteiger partial charge in [-0.25, -0.2) is 4.98 Å². The molecule has 124 valence electrons. The average molecular weight is 331 g/mol. The molecule has 1 aromatic rings. The molecule has 2 heterocycles. The minimum atomic E-state index is -0.908. The number of carboxylic acid groups (broad SMARTS) is 1. The van der Waals surface area contributed by atoms with E-state index in [1.54, 1.807) is 17.0 Å². The molecule has 1 aliphatic heterocycles. The fourth-order valence-corrected chi connectivity index (χ4v) is 2.62. The van der Waals surface area contributed by atoms with E-state index >= 15 is 0 Å². The van der Waals surface area contributed by atoms with Gasteiger partial charge in [-0.3, -0.25) is 9.59 Å². The molecule has 1 saturated heterocycles. The third-order valence-electron chi connectivity index (χ3n) is 3.92. The number of carbonyl (C=O) groups excluding carboxylic acids is 1. The molecule has 1 aliphatic rings. The van der Waals surface area contributed by atoms with Gasteiger partial charge in [0.15, 0.2) is 0 Å². The van der Waals surface area contributed by atoms with Crippen LogP contribution in [-0.2, 0) is 22.6 Å². The molecule has 0 spiro atoms. The van der Waals surface area contributed by atoms with E-state index in [9.17, 15) is 9.59 Å². The van der Waals surface area contributed by atoms with Crippen LogP contribution in [0.2, 0.25) is 0 Å². The normalized spacial score (nSPS) is 17.6. The number of halogens is 1.